The second kappa shape index (κ2) is 8.69. The zero-order valence-corrected chi connectivity index (χ0v) is 12.6. The minimum absolute atomic E-state index is 0.0802. The first kappa shape index (κ1) is 16.6. The lowest BCUT2D eigenvalue weighted by atomic mass is 10.3. The van der Waals surface area contributed by atoms with E-state index in [1.165, 1.54) is 12.2 Å². The van der Waals surface area contributed by atoms with Gasteiger partial charge in [0.15, 0.2) is 0 Å². The minimum Gasteiger partial charge on any atom is -0.323 e. The van der Waals surface area contributed by atoms with E-state index >= 15 is 0 Å². The number of amides is 1. The number of allylic oxidation sites excluding steroid dienone is 1. The van der Waals surface area contributed by atoms with Gasteiger partial charge in [-0.15, -0.1) is 0 Å². The van der Waals surface area contributed by atoms with E-state index in [1.54, 1.807) is 26.0 Å². The van der Waals surface area contributed by atoms with Crippen molar-refractivity contribution < 1.29 is 18.4 Å². The minimum atomic E-state index is -3.12. The monoisotopic (exact) mass is 297 g/mol. The molecule has 0 saturated heterocycles. The summed E-state index contributed by atoms with van der Waals surface area (Å²) in [5.74, 6) is -0.282. The number of hydrogen-bond acceptors (Lipinski definition) is 4. The molecule has 0 spiro atoms. The van der Waals surface area contributed by atoms with Crippen LogP contribution in [0.5, 0.6) is 0 Å². The molecule has 0 bridgehead atoms. The van der Waals surface area contributed by atoms with Crippen molar-refractivity contribution in [3.8, 4) is 0 Å². The number of carbonyl (C=O) groups is 1. The van der Waals surface area contributed by atoms with Gasteiger partial charge in [0.25, 0.3) is 0 Å². The molecule has 20 heavy (non-hydrogen) atoms. The average Bonchev–Trinajstić information content (AvgIpc) is 2.40. The highest BCUT2D eigenvalue weighted by atomic mass is 31.2. The number of rotatable bonds is 8. The van der Waals surface area contributed by atoms with Gasteiger partial charge < -0.3 is 14.4 Å². The van der Waals surface area contributed by atoms with Crippen molar-refractivity contribution in [2.45, 2.75) is 13.8 Å². The molecule has 0 aliphatic carbocycles. The summed E-state index contributed by atoms with van der Waals surface area (Å²) in [6, 6.07) is 9.11. The van der Waals surface area contributed by atoms with E-state index < -0.39 is 7.60 Å². The lowest BCUT2D eigenvalue weighted by Crippen LogP contribution is -2.08. The highest BCUT2D eigenvalue weighted by Gasteiger charge is 2.21. The van der Waals surface area contributed by atoms with Gasteiger partial charge in [0, 0.05) is 5.69 Å². The van der Waals surface area contributed by atoms with Crippen LogP contribution >= 0.6 is 7.60 Å². The predicted molar refractivity (Wildman–Crippen MR) is 79.9 cm³/mol. The van der Waals surface area contributed by atoms with Crippen LogP contribution < -0.4 is 5.32 Å². The van der Waals surface area contributed by atoms with E-state index in [0.29, 0.717) is 18.9 Å². The van der Waals surface area contributed by atoms with Gasteiger partial charge in [-0.3, -0.25) is 9.36 Å². The first-order valence-corrected chi connectivity index (χ1v) is 8.23. The molecule has 110 valence electrons. The SMILES string of the molecule is CCOP(=O)(C/C=C/C(=O)Nc1ccccc1)OCC. The molecular formula is C14H20NO4P. The molecule has 0 heterocycles. The van der Waals surface area contributed by atoms with Crippen LogP contribution in [0.2, 0.25) is 0 Å². The zero-order chi connectivity index (χ0) is 14.8. The Morgan fingerprint density at radius 2 is 1.80 bits per heavy atom. The molecular weight excluding hydrogens is 277 g/mol. The fourth-order valence-electron chi connectivity index (χ4n) is 1.53. The summed E-state index contributed by atoms with van der Waals surface area (Å²) < 4.78 is 22.4. The van der Waals surface area contributed by atoms with Gasteiger partial charge in [-0.2, -0.15) is 0 Å². The maximum atomic E-state index is 12.1. The summed E-state index contributed by atoms with van der Waals surface area (Å²) in [4.78, 5) is 11.6. The van der Waals surface area contributed by atoms with Gasteiger partial charge in [-0.05, 0) is 32.1 Å². The third-order valence-electron chi connectivity index (χ3n) is 2.29. The standard InChI is InChI=1S/C14H20NO4P/c1-3-18-20(17,19-4-2)12-8-11-14(16)15-13-9-6-5-7-10-13/h5-11H,3-4,12H2,1-2H3,(H,15,16)/b11-8+. The molecule has 0 unspecified atom stereocenters. The van der Waals surface area contributed by atoms with E-state index in [0.717, 1.165) is 0 Å². The summed E-state index contributed by atoms with van der Waals surface area (Å²) >= 11 is 0. The van der Waals surface area contributed by atoms with Crippen molar-refractivity contribution in [3.63, 3.8) is 0 Å². The van der Waals surface area contributed by atoms with Crippen LogP contribution in [0.25, 0.3) is 0 Å². The van der Waals surface area contributed by atoms with E-state index in [2.05, 4.69) is 5.32 Å². The Hall–Kier alpha value is -1.42. The molecule has 1 rings (SSSR count). The third kappa shape index (κ3) is 6.15. The number of benzene rings is 1. The molecule has 5 nitrogen and oxygen atoms in total. The number of nitrogens with one attached hydrogen (secondary N) is 1. The molecule has 0 aliphatic rings. The van der Waals surface area contributed by atoms with Gasteiger partial charge in [0.05, 0.1) is 19.4 Å². The van der Waals surface area contributed by atoms with Crippen LogP contribution in [0.1, 0.15) is 13.8 Å². The van der Waals surface area contributed by atoms with Gasteiger partial charge in [-0.25, -0.2) is 0 Å². The summed E-state index contributed by atoms with van der Waals surface area (Å²) in [6.45, 7) is 4.11. The van der Waals surface area contributed by atoms with Crippen LogP contribution in [0.4, 0.5) is 5.69 Å². The van der Waals surface area contributed by atoms with Crippen LogP contribution in [0, 0.1) is 0 Å². The average molecular weight is 297 g/mol. The van der Waals surface area contributed by atoms with Gasteiger partial charge in [0.1, 0.15) is 0 Å². The molecule has 0 radical (unpaired) electrons. The Morgan fingerprint density at radius 1 is 1.20 bits per heavy atom. The molecule has 1 aromatic rings. The molecule has 0 fully saturated rings. The van der Waals surface area contributed by atoms with Crippen molar-refractivity contribution >= 4 is 19.2 Å². The Labute approximate surface area is 119 Å². The molecule has 1 aromatic carbocycles. The van der Waals surface area contributed by atoms with Crippen molar-refractivity contribution in [2.75, 3.05) is 24.7 Å². The molecule has 6 heteroatoms. The maximum absolute atomic E-state index is 12.1. The summed E-state index contributed by atoms with van der Waals surface area (Å²) in [6.07, 6.45) is 2.92. The van der Waals surface area contributed by atoms with E-state index in [9.17, 15) is 9.36 Å². The molecule has 0 saturated carbocycles. The van der Waals surface area contributed by atoms with E-state index in [4.69, 9.17) is 9.05 Å². The van der Waals surface area contributed by atoms with Crippen LogP contribution in [0.3, 0.4) is 0 Å². The van der Waals surface area contributed by atoms with Crippen LogP contribution in [0.15, 0.2) is 42.5 Å². The topological polar surface area (TPSA) is 64.6 Å². The van der Waals surface area contributed by atoms with Crippen molar-refractivity contribution in [1.82, 2.24) is 0 Å². The maximum Gasteiger partial charge on any atom is 0.334 e. The van der Waals surface area contributed by atoms with Crippen molar-refractivity contribution in [2.24, 2.45) is 0 Å². The highest BCUT2D eigenvalue weighted by Crippen LogP contribution is 2.47. The quantitative estimate of drug-likeness (QED) is 0.589. The second-order valence-corrected chi connectivity index (χ2v) is 5.99. The number of anilines is 1. The van der Waals surface area contributed by atoms with Gasteiger partial charge in [-0.1, -0.05) is 24.3 Å². The molecule has 0 aliphatic heterocycles. The molecule has 1 N–H and O–H groups in total. The summed E-state index contributed by atoms with van der Waals surface area (Å²) in [5.41, 5.74) is 0.708. The van der Waals surface area contributed by atoms with E-state index in [1.807, 2.05) is 18.2 Å². The Bertz CT molecular complexity index is 477. The predicted octanol–water partition coefficient (Wildman–Crippen LogP) is 3.45. The number of hydrogen-bond donors (Lipinski definition) is 1. The fraction of sp³-hybridized carbons (Fsp3) is 0.357. The fourth-order valence-corrected chi connectivity index (χ4v) is 2.97. The lowest BCUT2D eigenvalue weighted by Gasteiger charge is -2.14. The third-order valence-corrected chi connectivity index (χ3v) is 4.25. The number of carbonyl (C=O) groups excluding carboxylic acids is 1. The first-order valence-electron chi connectivity index (χ1n) is 6.50. The Morgan fingerprint density at radius 3 is 2.35 bits per heavy atom. The zero-order valence-electron chi connectivity index (χ0n) is 11.7. The van der Waals surface area contributed by atoms with Crippen LogP contribution in [-0.4, -0.2) is 25.3 Å². The van der Waals surface area contributed by atoms with Gasteiger partial charge in [0.2, 0.25) is 5.91 Å². The molecule has 1 amide bonds. The normalized spacial score (nSPS) is 11.7. The molecule has 0 atom stereocenters. The van der Waals surface area contributed by atoms with Crippen molar-refractivity contribution in [3.05, 3.63) is 42.5 Å². The largest absolute Gasteiger partial charge is 0.334 e. The lowest BCUT2D eigenvalue weighted by molar-refractivity contribution is -0.111. The first-order chi connectivity index (χ1) is 9.59. The summed E-state index contributed by atoms with van der Waals surface area (Å²) in [5, 5.41) is 2.70. The molecule has 0 aromatic heterocycles. The van der Waals surface area contributed by atoms with E-state index in [-0.39, 0.29) is 12.1 Å². The van der Waals surface area contributed by atoms with Crippen molar-refractivity contribution in [1.29, 1.82) is 0 Å². The second-order valence-electron chi connectivity index (χ2n) is 3.89. The van der Waals surface area contributed by atoms with Crippen LogP contribution in [-0.2, 0) is 18.4 Å². The summed E-state index contributed by atoms with van der Waals surface area (Å²) in [7, 11) is -3.12. The Balaban J connectivity index is 2.50. The highest BCUT2D eigenvalue weighted by molar-refractivity contribution is 7.54. The Kier molecular flexibility index (Phi) is 7.23. The smallest absolute Gasteiger partial charge is 0.323 e. The number of para-hydroxylation sites is 1. The van der Waals surface area contributed by atoms with Gasteiger partial charge >= 0.3 is 7.60 Å².